The maximum atomic E-state index is 12.3. The van der Waals surface area contributed by atoms with Crippen molar-refractivity contribution in [1.82, 2.24) is 9.71 Å². The van der Waals surface area contributed by atoms with Gasteiger partial charge in [-0.1, -0.05) is 56.3 Å². The predicted molar refractivity (Wildman–Crippen MR) is 82.8 cm³/mol. The molecule has 0 bridgehead atoms. The molecule has 0 aliphatic rings. The second-order valence-electron chi connectivity index (χ2n) is 4.69. The number of hydrogen-bond donors (Lipinski definition) is 1. The molecule has 1 unspecified atom stereocenters. The minimum absolute atomic E-state index is 0.0458. The van der Waals surface area contributed by atoms with Crippen molar-refractivity contribution in [2.75, 3.05) is 0 Å². The van der Waals surface area contributed by atoms with Gasteiger partial charge in [0.25, 0.3) is 0 Å². The number of sulfonamides is 1. The molecule has 0 aromatic carbocycles. The second-order valence-corrected chi connectivity index (χ2v) is 7.17. The van der Waals surface area contributed by atoms with E-state index in [-0.39, 0.29) is 21.1 Å². The quantitative estimate of drug-likeness (QED) is 0.728. The molecule has 4 nitrogen and oxygen atoms in total. The summed E-state index contributed by atoms with van der Waals surface area (Å²) in [6.07, 6.45) is 5.82. The Hall–Kier alpha value is -0.360. The van der Waals surface area contributed by atoms with Gasteiger partial charge in [-0.3, -0.25) is 0 Å². The fraction of sp³-hybridized carbons (Fsp3) is 0.615. The Balaban J connectivity index is 2.87. The molecule has 1 heterocycles. The van der Waals surface area contributed by atoms with E-state index in [0.29, 0.717) is 0 Å². The van der Waals surface area contributed by atoms with Crippen LogP contribution in [-0.4, -0.2) is 19.4 Å². The highest BCUT2D eigenvalue weighted by atomic mass is 35.5. The number of hydrogen-bond acceptors (Lipinski definition) is 3. The molecule has 0 aliphatic carbocycles. The number of nitrogens with one attached hydrogen (secondary N) is 1. The highest BCUT2D eigenvalue weighted by molar-refractivity contribution is 7.89. The molecule has 0 saturated carbocycles. The van der Waals surface area contributed by atoms with Crippen LogP contribution in [0.4, 0.5) is 0 Å². The molecule has 0 saturated heterocycles. The van der Waals surface area contributed by atoms with E-state index in [1.54, 1.807) is 0 Å². The molecular formula is C13H20Cl2N2O2S. The van der Waals surface area contributed by atoms with Crippen LogP contribution in [0.15, 0.2) is 17.2 Å². The van der Waals surface area contributed by atoms with E-state index in [9.17, 15) is 8.42 Å². The summed E-state index contributed by atoms with van der Waals surface area (Å²) in [4.78, 5) is 3.82. The molecular weight excluding hydrogens is 319 g/mol. The van der Waals surface area contributed by atoms with Crippen LogP contribution in [0.1, 0.15) is 46.0 Å². The van der Waals surface area contributed by atoms with Gasteiger partial charge in [-0.05, 0) is 18.9 Å². The smallest absolute Gasteiger partial charge is 0.242 e. The Morgan fingerprint density at radius 3 is 2.50 bits per heavy atom. The molecule has 1 rings (SSSR count). The van der Waals surface area contributed by atoms with Crippen LogP contribution in [0.2, 0.25) is 10.2 Å². The minimum atomic E-state index is -3.61. The third-order valence-corrected chi connectivity index (χ3v) is 5.12. The van der Waals surface area contributed by atoms with Crippen molar-refractivity contribution in [3.63, 3.8) is 0 Å². The molecule has 0 amide bonds. The lowest BCUT2D eigenvalue weighted by Gasteiger charge is -2.18. The molecule has 20 heavy (non-hydrogen) atoms. The second kappa shape index (κ2) is 8.17. The molecule has 1 N–H and O–H groups in total. The Labute approximate surface area is 130 Å². The van der Waals surface area contributed by atoms with Crippen molar-refractivity contribution in [3.8, 4) is 0 Å². The normalized spacial score (nSPS) is 13.4. The first kappa shape index (κ1) is 17.7. The largest absolute Gasteiger partial charge is 0.242 e. The Bertz CT molecular complexity index is 535. The van der Waals surface area contributed by atoms with Crippen LogP contribution < -0.4 is 4.72 Å². The maximum Gasteiger partial charge on any atom is 0.242 e. The van der Waals surface area contributed by atoms with Crippen LogP contribution in [0.5, 0.6) is 0 Å². The highest BCUT2D eigenvalue weighted by Crippen LogP contribution is 2.22. The lowest BCUT2D eigenvalue weighted by molar-refractivity contribution is 0.483. The summed E-state index contributed by atoms with van der Waals surface area (Å²) in [7, 11) is -3.61. The molecule has 1 aromatic rings. The van der Waals surface area contributed by atoms with E-state index in [1.165, 1.54) is 12.3 Å². The summed E-state index contributed by atoms with van der Waals surface area (Å²) in [5.74, 6) is 0. The van der Waals surface area contributed by atoms with Crippen LogP contribution in [0.25, 0.3) is 0 Å². The summed E-state index contributed by atoms with van der Waals surface area (Å²) in [5, 5.41) is 0.233. The fourth-order valence-corrected chi connectivity index (χ4v) is 3.51. The molecule has 7 heteroatoms. The standard InChI is InChI=1S/C13H20Cl2N2O2S/c1-3-5-7-10(6-4-2)17-20(18,19)11-8-12(14)13(15)16-9-11/h8-10,17H,3-7H2,1-2H3. The zero-order valence-corrected chi connectivity index (χ0v) is 14.0. The van der Waals surface area contributed by atoms with Crippen LogP contribution in [0.3, 0.4) is 0 Å². The zero-order chi connectivity index (χ0) is 15.2. The SMILES string of the molecule is CCCCC(CCC)NS(=O)(=O)c1cnc(Cl)c(Cl)c1. The Morgan fingerprint density at radius 2 is 1.95 bits per heavy atom. The maximum absolute atomic E-state index is 12.3. The monoisotopic (exact) mass is 338 g/mol. The van der Waals surface area contributed by atoms with E-state index in [1.807, 2.05) is 6.92 Å². The van der Waals surface area contributed by atoms with Gasteiger partial charge in [0.05, 0.1) is 5.02 Å². The van der Waals surface area contributed by atoms with Gasteiger partial charge in [0.1, 0.15) is 10.0 Å². The van der Waals surface area contributed by atoms with Gasteiger partial charge in [-0.15, -0.1) is 0 Å². The first-order chi connectivity index (χ1) is 9.40. The van der Waals surface area contributed by atoms with Crippen molar-refractivity contribution in [2.45, 2.75) is 56.9 Å². The van der Waals surface area contributed by atoms with E-state index >= 15 is 0 Å². The summed E-state index contributed by atoms with van der Waals surface area (Å²) >= 11 is 11.5. The number of nitrogens with zero attached hydrogens (tertiary/aromatic N) is 1. The van der Waals surface area contributed by atoms with Crippen LogP contribution in [-0.2, 0) is 10.0 Å². The third-order valence-electron chi connectivity index (χ3n) is 2.95. The molecule has 0 spiro atoms. The molecule has 0 fully saturated rings. The van der Waals surface area contributed by atoms with Crippen molar-refractivity contribution in [2.24, 2.45) is 0 Å². The zero-order valence-electron chi connectivity index (χ0n) is 11.7. The average molecular weight is 339 g/mol. The van der Waals surface area contributed by atoms with E-state index in [4.69, 9.17) is 23.2 Å². The number of unbranched alkanes of at least 4 members (excludes halogenated alkanes) is 1. The van der Waals surface area contributed by atoms with E-state index in [0.717, 1.165) is 32.1 Å². The van der Waals surface area contributed by atoms with Gasteiger partial charge in [-0.25, -0.2) is 18.1 Å². The van der Waals surface area contributed by atoms with Crippen molar-refractivity contribution >= 4 is 33.2 Å². The van der Waals surface area contributed by atoms with Gasteiger partial charge in [-0.2, -0.15) is 0 Å². The molecule has 1 aromatic heterocycles. The lowest BCUT2D eigenvalue weighted by Crippen LogP contribution is -2.34. The summed E-state index contributed by atoms with van der Waals surface area (Å²) in [6, 6.07) is 1.27. The molecule has 0 aliphatic heterocycles. The van der Waals surface area contributed by atoms with Crippen LogP contribution in [0, 0.1) is 0 Å². The summed E-state index contributed by atoms with van der Waals surface area (Å²) in [6.45, 7) is 4.12. The number of aromatic nitrogens is 1. The molecule has 1 atom stereocenters. The fourth-order valence-electron chi connectivity index (χ4n) is 1.90. The first-order valence-corrected chi connectivity index (χ1v) is 8.98. The third kappa shape index (κ3) is 5.20. The van der Waals surface area contributed by atoms with Gasteiger partial charge >= 0.3 is 0 Å². The van der Waals surface area contributed by atoms with Gasteiger partial charge in [0, 0.05) is 12.2 Å². The van der Waals surface area contributed by atoms with Gasteiger partial charge < -0.3 is 0 Å². The summed E-state index contributed by atoms with van der Waals surface area (Å²) < 4.78 is 27.3. The Morgan fingerprint density at radius 1 is 1.25 bits per heavy atom. The van der Waals surface area contributed by atoms with Crippen molar-refractivity contribution < 1.29 is 8.42 Å². The van der Waals surface area contributed by atoms with Gasteiger partial charge in [0.15, 0.2) is 0 Å². The average Bonchev–Trinajstić information content (AvgIpc) is 2.39. The number of halogens is 2. The highest BCUT2D eigenvalue weighted by Gasteiger charge is 2.20. The summed E-state index contributed by atoms with van der Waals surface area (Å²) in [5.41, 5.74) is 0. The lowest BCUT2D eigenvalue weighted by atomic mass is 10.1. The molecule has 0 radical (unpaired) electrons. The topological polar surface area (TPSA) is 59.1 Å². The van der Waals surface area contributed by atoms with E-state index < -0.39 is 10.0 Å². The van der Waals surface area contributed by atoms with E-state index in [2.05, 4.69) is 16.6 Å². The molecule has 114 valence electrons. The minimum Gasteiger partial charge on any atom is -0.242 e. The van der Waals surface area contributed by atoms with Crippen LogP contribution >= 0.6 is 23.2 Å². The van der Waals surface area contributed by atoms with Gasteiger partial charge in [0.2, 0.25) is 10.0 Å². The van der Waals surface area contributed by atoms with Crippen molar-refractivity contribution in [1.29, 1.82) is 0 Å². The number of rotatable bonds is 8. The number of pyridine rings is 1. The predicted octanol–water partition coefficient (Wildman–Crippen LogP) is 4.03. The Kier molecular flexibility index (Phi) is 7.23. The van der Waals surface area contributed by atoms with Crippen molar-refractivity contribution in [3.05, 3.63) is 22.4 Å². The first-order valence-electron chi connectivity index (χ1n) is 6.74.